The molecule has 0 saturated heterocycles. The zero-order chi connectivity index (χ0) is 23.0. The van der Waals surface area contributed by atoms with Crippen LogP contribution in [0.5, 0.6) is 5.75 Å². The Balaban J connectivity index is 2.56. The highest BCUT2D eigenvalue weighted by Crippen LogP contribution is 2.42. The normalized spacial score (nSPS) is 11.7. The smallest absolute Gasteiger partial charge is 0.417 e. The number of methoxy groups -OCH3 is 1. The lowest BCUT2D eigenvalue weighted by Gasteiger charge is -2.19. The van der Waals surface area contributed by atoms with Crippen LogP contribution in [-0.2, 0) is 17.5 Å². The van der Waals surface area contributed by atoms with Crippen molar-refractivity contribution in [2.45, 2.75) is 19.1 Å². The summed E-state index contributed by atoms with van der Waals surface area (Å²) in [5, 5.41) is 19.1. The van der Waals surface area contributed by atoms with Gasteiger partial charge in [-0.3, -0.25) is 10.00 Å². The number of aromatic nitrogens is 2. The van der Waals surface area contributed by atoms with Crippen molar-refractivity contribution in [3.63, 3.8) is 0 Å². The standard InChI is InChI=1S/C20H25F4N5O2/c1-26-5-6-29(2)12-16-14(11-27-28-16)18-13(10-25)15(20(22,23)24)9-17(19(18)21)31-8-4-7-30-3/h9,11,26H,4-8,12H2,1-3H3,(H,27,28). The van der Waals surface area contributed by atoms with Crippen molar-refractivity contribution in [1.29, 1.82) is 5.26 Å². The van der Waals surface area contributed by atoms with Crippen molar-refractivity contribution < 1.29 is 27.0 Å². The summed E-state index contributed by atoms with van der Waals surface area (Å²) in [5.74, 6) is -1.62. The minimum atomic E-state index is -4.87. The first-order valence-electron chi connectivity index (χ1n) is 9.56. The summed E-state index contributed by atoms with van der Waals surface area (Å²) in [4.78, 5) is 1.87. The number of likely N-dealkylation sites (N-methyl/N-ethyl adjacent to an activating group) is 2. The summed E-state index contributed by atoms with van der Waals surface area (Å²) in [7, 11) is 5.06. The molecule has 0 fully saturated rings. The van der Waals surface area contributed by atoms with Gasteiger partial charge in [0.25, 0.3) is 0 Å². The Hall–Kier alpha value is -2.68. The van der Waals surface area contributed by atoms with Crippen molar-refractivity contribution in [2.75, 3.05) is 47.5 Å². The molecule has 11 heteroatoms. The molecule has 0 aliphatic carbocycles. The molecule has 0 radical (unpaired) electrons. The van der Waals surface area contributed by atoms with Crippen molar-refractivity contribution in [2.24, 2.45) is 0 Å². The molecule has 2 aromatic rings. The fourth-order valence-corrected chi connectivity index (χ4v) is 3.01. The third-order valence-electron chi connectivity index (χ3n) is 4.55. The van der Waals surface area contributed by atoms with Gasteiger partial charge in [0, 0.05) is 57.1 Å². The topological polar surface area (TPSA) is 86.2 Å². The average molecular weight is 443 g/mol. The fraction of sp³-hybridized carbons (Fsp3) is 0.500. The van der Waals surface area contributed by atoms with Gasteiger partial charge in [-0.15, -0.1) is 0 Å². The molecular weight excluding hydrogens is 418 g/mol. The Morgan fingerprint density at radius 2 is 2.06 bits per heavy atom. The van der Waals surface area contributed by atoms with Gasteiger partial charge in [-0.2, -0.15) is 23.5 Å². The van der Waals surface area contributed by atoms with E-state index in [0.29, 0.717) is 37.9 Å². The van der Waals surface area contributed by atoms with E-state index in [1.807, 2.05) is 4.90 Å². The van der Waals surface area contributed by atoms with Gasteiger partial charge in [0.05, 0.1) is 23.4 Å². The van der Waals surface area contributed by atoms with Crippen LogP contribution in [0.1, 0.15) is 23.2 Å². The van der Waals surface area contributed by atoms with E-state index in [4.69, 9.17) is 9.47 Å². The third-order valence-corrected chi connectivity index (χ3v) is 4.55. The Kier molecular flexibility index (Phi) is 8.79. The number of nitriles is 1. The maximum atomic E-state index is 15.3. The van der Waals surface area contributed by atoms with Crippen molar-refractivity contribution in [3.05, 3.63) is 34.9 Å². The van der Waals surface area contributed by atoms with E-state index in [1.54, 1.807) is 14.1 Å². The number of H-pyrrole nitrogens is 1. The van der Waals surface area contributed by atoms with E-state index >= 15 is 4.39 Å². The van der Waals surface area contributed by atoms with Gasteiger partial charge in [0.15, 0.2) is 11.6 Å². The first-order valence-corrected chi connectivity index (χ1v) is 9.56. The molecule has 2 rings (SSSR count). The van der Waals surface area contributed by atoms with Gasteiger partial charge in [-0.05, 0) is 20.2 Å². The summed E-state index contributed by atoms with van der Waals surface area (Å²) in [6.45, 7) is 1.81. The van der Waals surface area contributed by atoms with Gasteiger partial charge in [0.2, 0.25) is 0 Å². The lowest BCUT2D eigenvalue weighted by molar-refractivity contribution is -0.137. The molecule has 1 aromatic heterocycles. The summed E-state index contributed by atoms with van der Waals surface area (Å²) in [6.07, 6.45) is -3.22. The predicted molar refractivity (Wildman–Crippen MR) is 106 cm³/mol. The molecule has 0 atom stereocenters. The number of benzene rings is 1. The van der Waals surface area contributed by atoms with Gasteiger partial charge in [-0.25, -0.2) is 4.39 Å². The predicted octanol–water partition coefficient (Wildman–Crippen LogP) is 3.17. The SMILES string of the molecule is CNCCN(C)Cc1n[nH]cc1-c1c(F)c(OCCCOC)cc(C(F)(F)F)c1C#N. The van der Waals surface area contributed by atoms with Crippen LogP contribution in [0.3, 0.4) is 0 Å². The Morgan fingerprint density at radius 1 is 1.32 bits per heavy atom. The Morgan fingerprint density at radius 3 is 2.68 bits per heavy atom. The summed E-state index contributed by atoms with van der Waals surface area (Å²) in [5.41, 5.74) is -2.15. The average Bonchev–Trinajstić information content (AvgIpc) is 3.16. The number of aromatic amines is 1. The molecule has 1 heterocycles. The number of nitrogens with zero attached hydrogens (tertiary/aromatic N) is 3. The second kappa shape index (κ2) is 11.1. The first-order chi connectivity index (χ1) is 14.7. The van der Waals surface area contributed by atoms with Gasteiger partial charge in [-0.1, -0.05) is 0 Å². The van der Waals surface area contributed by atoms with Crippen LogP contribution in [0.25, 0.3) is 11.1 Å². The van der Waals surface area contributed by atoms with E-state index in [2.05, 4.69) is 15.5 Å². The third kappa shape index (κ3) is 6.16. The number of rotatable bonds is 11. The summed E-state index contributed by atoms with van der Waals surface area (Å²) >= 11 is 0. The van der Waals surface area contributed by atoms with Crippen LogP contribution >= 0.6 is 0 Å². The molecular formula is C20H25F4N5O2. The molecule has 0 amide bonds. The molecule has 31 heavy (non-hydrogen) atoms. The number of hydrogen-bond acceptors (Lipinski definition) is 6. The van der Waals surface area contributed by atoms with Gasteiger partial charge < -0.3 is 14.8 Å². The number of halogens is 4. The molecule has 0 spiro atoms. The molecule has 0 aliphatic rings. The maximum Gasteiger partial charge on any atom is 0.417 e. The van der Waals surface area contributed by atoms with Crippen LogP contribution in [0.4, 0.5) is 17.6 Å². The first kappa shape index (κ1) is 24.6. The fourth-order valence-electron chi connectivity index (χ4n) is 3.01. The van der Waals surface area contributed by atoms with E-state index in [0.717, 1.165) is 0 Å². The summed E-state index contributed by atoms with van der Waals surface area (Å²) < 4.78 is 66.5. The van der Waals surface area contributed by atoms with E-state index in [-0.39, 0.29) is 18.7 Å². The highest BCUT2D eigenvalue weighted by molar-refractivity contribution is 5.76. The monoisotopic (exact) mass is 443 g/mol. The van der Waals surface area contributed by atoms with E-state index in [9.17, 15) is 18.4 Å². The lowest BCUT2D eigenvalue weighted by Crippen LogP contribution is -2.27. The van der Waals surface area contributed by atoms with Crippen LogP contribution in [0.2, 0.25) is 0 Å². The second-order valence-electron chi connectivity index (χ2n) is 6.88. The highest BCUT2D eigenvalue weighted by atomic mass is 19.4. The van der Waals surface area contributed by atoms with Gasteiger partial charge >= 0.3 is 6.18 Å². The van der Waals surface area contributed by atoms with Crippen LogP contribution < -0.4 is 10.1 Å². The Bertz CT molecular complexity index is 908. The highest BCUT2D eigenvalue weighted by Gasteiger charge is 2.38. The second-order valence-corrected chi connectivity index (χ2v) is 6.88. The molecule has 2 N–H and O–H groups in total. The van der Waals surface area contributed by atoms with Crippen LogP contribution in [0, 0.1) is 17.1 Å². The zero-order valence-electron chi connectivity index (χ0n) is 17.6. The van der Waals surface area contributed by atoms with E-state index < -0.39 is 34.4 Å². The minimum Gasteiger partial charge on any atom is -0.490 e. The lowest BCUT2D eigenvalue weighted by atomic mass is 9.94. The summed E-state index contributed by atoms with van der Waals surface area (Å²) in [6, 6.07) is 2.05. The number of alkyl halides is 3. The van der Waals surface area contributed by atoms with Crippen LogP contribution in [0.15, 0.2) is 12.3 Å². The van der Waals surface area contributed by atoms with Crippen molar-refractivity contribution in [1.82, 2.24) is 20.4 Å². The number of ether oxygens (including phenoxy) is 2. The number of hydrogen-bond donors (Lipinski definition) is 2. The van der Waals surface area contributed by atoms with Gasteiger partial charge in [0.1, 0.15) is 6.07 Å². The molecule has 0 unspecified atom stereocenters. The maximum absolute atomic E-state index is 15.3. The van der Waals surface area contributed by atoms with Crippen molar-refractivity contribution in [3.8, 4) is 22.9 Å². The molecule has 0 aliphatic heterocycles. The molecule has 7 nitrogen and oxygen atoms in total. The Labute approximate surface area is 177 Å². The van der Waals surface area contributed by atoms with Crippen LogP contribution in [-0.4, -0.2) is 62.6 Å². The molecule has 1 aromatic carbocycles. The molecule has 0 saturated carbocycles. The minimum absolute atomic E-state index is 0.0433. The largest absolute Gasteiger partial charge is 0.490 e. The number of nitrogens with one attached hydrogen (secondary N) is 2. The molecule has 170 valence electrons. The molecule has 0 bridgehead atoms. The zero-order valence-corrected chi connectivity index (χ0v) is 17.6. The van der Waals surface area contributed by atoms with Crippen molar-refractivity contribution >= 4 is 0 Å². The van der Waals surface area contributed by atoms with E-state index in [1.165, 1.54) is 19.4 Å². The quantitative estimate of drug-likeness (QED) is 0.410.